The molecule has 1 fully saturated rings. The van der Waals surface area contributed by atoms with Gasteiger partial charge in [0, 0.05) is 43.3 Å². The molecule has 9 nitrogen and oxygen atoms in total. The van der Waals surface area contributed by atoms with Crippen molar-refractivity contribution in [3.05, 3.63) is 144 Å². The first kappa shape index (κ1) is 37.7. The third-order valence-electron chi connectivity index (χ3n) is 9.12. The summed E-state index contributed by atoms with van der Waals surface area (Å²) in [5, 5.41) is 16.4. The summed E-state index contributed by atoms with van der Waals surface area (Å²) in [5.74, 6) is 0.643. The minimum atomic E-state index is -0.569. The number of rotatable bonds is 16. The average Bonchev–Trinajstić information content (AvgIpc) is 3.20. The summed E-state index contributed by atoms with van der Waals surface area (Å²) >= 11 is 1.67. The van der Waals surface area contributed by atoms with Gasteiger partial charge in [0.15, 0.2) is 6.29 Å². The number of carbonyl (C=O) groups excluding carboxylic acids is 2. The number of ether oxygens (including phenoxy) is 2. The molecule has 5 aromatic rings. The van der Waals surface area contributed by atoms with Crippen molar-refractivity contribution in [1.82, 2.24) is 10.3 Å². The standard InChI is InChI=1S/C43H46N4O5S/c44-37-14-4-5-15-38(37)47-41(50)17-3-1-2-16-40(49)46-27-31-10-8-11-33(24-31)34-12-9-13-35(25-34)43-51-36(29-53-42-18-6-7-23-45-42)26-39(52-43)32-21-19-30(28-48)20-22-32/h4-15,18-25,36,39,43,48H,1-3,16-17,26-29,44H2,(H,46,49)(H,47,50)/t36-,39+,43+/m1/s1. The Morgan fingerprint density at radius 2 is 1.53 bits per heavy atom. The summed E-state index contributed by atoms with van der Waals surface area (Å²) < 4.78 is 13.2. The van der Waals surface area contributed by atoms with Gasteiger partial charge in [-0.15, -0.1) is 11.8 Å². The normalized spacial score (nSPS) is 16.9. The number of amides is 2. The lowest BCUT2D eigenvalue weighted by Crippen LogP contribution is -2.31. The third kappa shape index (κ3) is 11.2. The molecule has 0 saturated carbocycles. The number of para-hydroxylation sites is 2. The van der Waals surface area contributed by atoms with Crippen LogP contribution in [0.5, 0.6) is 0 Å². The van der Waals surface area contributed by atoms with Crippen molar-refractivity contribution in [2.75, 3.05) is 16.8 Å². The predicted octanol–water partition coefficient (Wildman–Crippen LogP) is 8.37. The van der Waals surface area contributed by atoms with Crippen molar-refractivity contribution in [2.24, 2.45) is 0 Å². The number of thioether (sulfide) groups is 1. The van der Waals surface area contributed by atoms with Gasteiger partial charge in [-0.1, -0.05) is 85.3 Å². The molecule has 2 amide bonds. The molecule has 0 aliphatic carbocycles. The van der Waals surface area contributed by atoms with E-state index in [1.807, 2.05) is 78.9 Å². The number of hydrogen-bond acceptors (Lipinski definition) is 8. The maximum atomic E-state index is 12.6. The number of nitrogens with two attached hydrogens (primary N) is 1. The van der Waals surface area contributed by atoms with Gasteiger partial charge < -0.3 is 30.9 Å². The Morgan fingerprint density at radius 3 is 2.30 bits per heavy atom. The summed E-state index contributed by atoms with van der Waals surface area (Å²) in [6.07, 6.45) is 4.67. The third-order valence-corrected chi connectivity index (χ3v) is 10.2. The molecule has 4 aromatic carbocycles. The Balaban J connectivity index is 1.02. The van der Waals surface area contributed by atoms with Crippen molar-refractivity contribution < 1.29 is 24.2 Å². The predicted molar refractivity (Wildman–Crippen MR) is 210 cm³/mol. The number of benzene rings is 4. The fraction of sp³-hybridized carbons (Fsp3) is 0.279. The Bertz CT molecular complexity index is 1940. The van der Waals surface area contributed by atoms with E-state index in [1.165, 1.54) is 0 Å². The number of anilines is 2. The Labute approximate surface area is 315 Å². The topological polar surface area (TPSA) is 136 Å². The summed E-state index contributed by atoms with van der Waals surface area (Å²) in [5.41, 5.74) is 12.9. The van der Waals surface area contributed by atoms with E-state index in [0.29, 0.717) is 50.0 Å². The second-order valence-corrected chi connectivity index (χ2v) is 14.2. The van der Waals surface area contributed by atoms with Crippen LogP contribution in [-0.2, 0) is 32.2 Å². The number of unbranched alkanes of at least 4 members (excludes halogenated alkanes) is 2. The van der Waals surface area contributed by atoms with Crippen LogP contribution in [0, 0.1) is 0 Å². The lowest BCUT2D eigenvalue weighted by atomic mass is 9.99. The molecular weight excluding hydrogens is 685 g/mol. The lowest BCUT2D eigenvalue weighted by molar-refractivity contribution is -0.245. The van der Waals surface area contributed by atoms with Crippen LogP contribution in [0.2, 0.25) is 0 Å². The molecular formula is C43H46N4O5S. The van der Waals surface area contributed by atoms with E-state index < -0.39 is 6.29 Å². The van der Waals surface area contributed by atoms with Crippen molar-refractivity contribution in [3.8, 4) is 11.1 Å². The Hall–Kier alpha value is -5.00. The number of nitrogens with one attached hydrogen (secondary N) is 2. The van der Waals surface area contributed by atoms with Gasteiger partial charge in [0.1, 0.15) is 0 Å². The van der Waals surface area contributed by atoms with E-state index >= 15 is 0 Å². The SMILES string of the molecule is Nc1ccccc1NC(=O)CCCCCC(=O)NCc1cccc(-c2cccc([C@H]3O[C@@H](CSc4ccccn4)C[C@@H](c4ccc(CO)cc4)O3)c2)c1. The van der Waals surface area contributed by atoms with Gasteiger partial charge in [-0.3, -0.25) is 9.59 Å². The van der Waals surface area contributed by atoms with E-state index in [1.54, 1.807) is 30.1 Å². The Morgan fingerprint density at radius 1 is 0.774 bits per heavy atom. The minimum Gasteiger partial charge on any atom is -0.397 e. The summed E-state index contributed by atoms with van der Waals surface area (Å²) in [6.45, 7) is 0.422. The van der Waals surface area contributed by atoms with Crippen LogP contribution >= 0.6 is 11.8 Å². The molecule has 1 aliphatic rings. The zero-order valence-electron chi connectivity index (χ0n) is 29.7. The van der Waals surface area contributed by atoms with E-state index in [-0.39, 0.29) is 30.6 Å². The fourth-order valence-corrected chi connectivity index (χ4v) is 7.10. The summed E-state index contributed by atoms with van der Waals surface area (Å²) in [6, 6.07) is 37.4. The van der Waals surface area contributed by atoms with Gasteiger partial charge in [0.2, 0.25) is 11.8 Å². The second-order valence-electron chi connectivity index (χ2n) is 13.1. The highest BCUT2D eigenvalue weighted by molar-refractivity contribution is 7.99. The first-order valence-electron chi connectivity index (χ1n) is 18.1. The number of aliphatic hydroxyl groups excluding tert-OH is 1. The maximum absolute atomic E-state index is 12.6. The molecule has 2 heterocycles. The van der Waals surface area contributed by atoms with Gasteiger partial charge in [-0.05, 0) is 77.1 Å². The van der Waals surface area contributed by atoms with Gasteiger partial charge in [0.25, 0.3) is 0 Å². The van der Waals surface area contributed by atoms with Crippen LogP contribution in [0.4, 0.5) is 11.4 Å². The highest BCUT2D eigenvalue weighted by Crippen LogP contribution is 2.40. The molecule has 5 N–H and O–H groups in total. The highest BCUT2D eigenvalue weighted by Gasteiger charge is 2.32. The first-order valence-corrected chi connectivity index (χ1v) is 19.1. The van der Waals surface area contributed by atoms with Crippen molar-refractivity contribution in [1.29, 1.82) is 0 Å². The van der Waals surface area contributed by atoms with E-state index in [2.05, 4.69) is 39.9 Å². The second kappa shape index (κ2) is 19.2. The Kier molecular flexibility index (Phi) is 13.7. The number of aliphatic hydroxyl groups is 1. The largest absolute Gasteiger partial charge is 0.397 e. The smallest absolute Gasteiger partial charge is 0.224 e. The van der Waals surface area contributed by atoms with Crippen LogP contribution in [0.25, 0.3) is 11.1 Å². The zero-order chi connectivity index (χ0) is 36.8. The number of pyridine rings is 1. The minimum absolute atomic E-state index is 0.00317. The number of aromatic nitrogens is 1. The molecule has 1 aromatic heterocycles. The molecule has 0 radical (unpaired) electrons. The average molecular weight is 731 g/mol. The zero-order valence-corrected chi connectivity index (χ0v) is 30.5. The maximum Gasteiger partial charge on any atom is 0.224 e. The van der Waals surface area contributed by atoms with Gasteiger partial charge in [-0.2, -0.15) is 0 Å². The van der Waals surface area contributed by atoms with Crippen LogP contribution in [0.3, 0.4) is 0 Å². The molecule has 10 heteroatoms. The highest BCUT2D eigenvalue weighted by atomic mass is 32.2. The number of carbonyl (C=O) groups is 2. The van der Waals surface area contributed by atoms with Gasteiger partial charge in [0.05, 0.1) is 35.2 Å². The van der Waals surface area contributed by atoms with Crippen molar-refractivity contribution in [2.45, 2.75) is 75.2 Å². The van der Waals surface area contributed by atoms with Crippen LogP contribution in [0.15, 0.2) is 126 Å². The fourth-order valence-electron chi connectivity index (χ4n) is 6.22. The van der Waals surface area contributed by atoms with E-state index in [9.17, 15) is 14.7 Å². The molecule has 1 saturated heterocycles. The van der Waals surface area contributed by atoms with Crippen molar-refractivity contribution >= 4 is 35.0 Å². The van der Waals surface area contributed by atoms with E-state index in [4.69, 9.17) is 15.2 Å². The molecule has 0 unspecified atom stereocenters. The molecule has 53 heavy (non-hydrogen) atoms. The molecule has 3 atom stereocenters. The van der Waals surface area contributed by atoms with E-state index in [0.717, 1.165) is 50.6 Å². The quantitative estimate of drug-likeness (QED) is 0.0452. The monoisotopic (exact) mass is 730 g/mol. The lowest BCUT2D eigenvalue weighted by Gasteiger charge is -2.36. The number of nitrogens with zero attached hydrogens (tertiary/aromatic N) is 1. The van der Waals surface area contributed by atoms with Gasteiger partial charge in [-0.25, -0.2) is 4.98 Å². The summed E-state index contributed by atoms with van der Waals surface area (Å²) in [7, 11) is 0. The van der Waals surface area contributed by atoms with Gasteiger partial charge >= 0.3 is 0 Å². The van der Waals surface area contributed by atoms with Crippen molar-refractivity contribution in [3.63, 3.8) is 0 Å². The number of nitrogen functional groups attached to an aromatic ring is 1. The molecule has 1 aliphatic heterocycles. The van der Waals surface area contributed by atoms with Crippen LogP contribution < -0.4 is 16.4 Å². The molecule has 6 rings (SSSR count). The molecule has 274 valence electrons. The van der Waals surface area contributed by atoms with Crippen LogP contribution in [-0.4, -0.2) is 33.8 Å². The molecule has 0 bridgehead atoms. The first-order chi connectivity index (χ1) is 25.9. The summed E-state index contributed by atoms with van der Waals surface area (Å²) in [4.78, 5) is 29.3. The molecule has 0 spiro atoms. The van der Waals surface area contributed by atoms with Crippen LogP contribution in [0.1, 0.15) is 73.2 Å². The number of hydrogen-bond donors (Lipinski definition) is 4.